The van der Waals surface area contributed by atoms with Crippen LogP contribution in [0.1, 0.15) is 47.1 Å². The predicted octanol–water partition coefficient (Wildman–Crippen LogP) is 6.77. The predicted molar refractivity (Wildman–Crippen MR) is 154 cm³/mol. The third-order valence-electron chi connectivity index (χ3n) is 6.77. The van der Waals surface area contributed by atoms with Gasteiger partial charge in [-0.1, -0.05) is 24.3 Å². The zero-order valence-corrected chi connectivity index (χ0v) is 22.3. The molecule has 0 radical (unpaired) electrons. The van der Waals surface area contributed by atoms with E-state index < -0.39 is 0 Å². The lowest BCUT2D eigenvalue weighted by atomic mass is 10.0. The molecule has 3 aromatic carbocycles. The Bertz CT molecular complexity index is 1470. The summed E-state index contributed by atoms with van der Waals surface area (Å²) in [4.78, 5) is 19.6. The first-order valence-electron chi connectivity index (χ1n) is 12.9. The summed E-state index contributed by atoms with van der Waals surface area (Å²) in [5, 5.41) is 6.91. The number of pyridine rings is 1. The van der Waals surface area contributed by atoms with Crippen molar-refractivity contribution in [3.63, 3.8) is 0 Å². The van der Waals surface area contributed by atoms with E-state index in [-0.39, 0.29) is 12.1 Å². The monoisotopic (exact) mass is 520 g/mol. The number of ether oxygens (including phenoxy) is 2. The molecule has 0 saturated heterocycles. The summed E-state index contributed by atoms with van der Waals surface area (Å²) in [7, 11) is 1.65. The number of hydrogen-bond donors (Lipinski definition) is 2. The van der Waals surface area contributed by atoms with Crippen molar-refractivity contribution in [1.82, 2.24) is 9.88 Å². The van der Waals surface area contributed by atoms with Crippen molar-refractivity contribution in [2.24, 2.45) is 0 Å². The first-order valence-corrected chi connectivity index (χ1v) is 12.9. The number of carbonyl (C=O) groups is 1. The van der Waals surface area contributed by atoms with Crippen LogP contribution >= 0.6 is 0 Å². The van der Waals surface area contributed by atoms with Crippen molar-refractivity contribution >= 4 is 17.3 Å². The quantitative estimate of drug-likeness (QED) is 0.254. The molecular weight excluding hydrogens is 488 g/mol. The highest BCUT2D eigenvalue weighted by atomic mass is 16.5. The van der Waals surface area contributed by atoms with E-state index in [1.165, 1.54) is 0 Å². The van der Waals surface area contributed by atoms with E-state index in [0.717, 1.165) is 45.3 Å². The van der Waals surface area contributed by atoms with Gasteiger partial charge in [-0.15, -0.1) is 0 Å². The number of nitrogens with one attached hydrogen (secondary N) is 2. The van der Waals surface area contributed by atoms with Crippen LogP contribution in [0.3, 0.4) is 0 Å². The Morgan fingerprint density at radius 2 is 1.82 bits per heavy atom. The molecule has 1 aliphatic heterocycles. The lowest BCUT2D eigenvalue weighted by Crippen LogP contribution is -2.42. The molecule has 1 unspecified atom stereocenters. The number of nitrogens with zero attached hydrogens (tertiary/aromatic N) is 2. The minimum Gasteiger partial charge on any atom is -0.496 e. The summed E-state index contributed by atoms with van der Waals surface area (Å²) >= 11 is 0. The smallest absolute Gasteiger partial charge is 0.258 e. The second kappa shape index (κ2) is 11.7. The fourth-order valence-electron chi connectivity index (χ4n) is 4.58. The zero-order chi connectivity index (χ0) is 27.2. The van der Waals surface area contributed by atoms with Gasteiger partial charge >= 0.3 is 0 Å². The van der Waals surface area contributed by atoms with Crippen molar-refractivity contribution in [3.8, 4) is 11.5 Å². The normalized spacial score (nSPS) is 14.8. The molecule has 0 aliphatic carbocycles. The zero-order valence-electron chi connectivity index (χ0n) is 22.3. The van der Waals surface area contributed by atoms with Crippen LogP contribution in [-0.4, -0.2) is 22.9 Å². The molecule has 7 nitrogen and oxygen atoms in total. The standard InChI is InChI=1S/C32H32N4O3/c1-4-22(2)34-26-10-12-27(13-11-26)39-21-25-19-24(9-14-30(25)38-3)31-35-29-8-6-5-7-28(29)32(37)36(31)20-23-15-17-33-18-16-23/h4-19,31,34-35H,20-21H2,1-3H3/b22-4-. The highest BCUT2D eigenvalue weighted by molar-refractivity contribution is 6.01. The van der Waals surface area contributed by atoms with Gasteiger partial charge in [-0.2, -0.15) is 0 Å². The molecule has 1 amide bonds. The van der Waals surface area contributed by atoms with Crippen molar-refractivity contribution < 1.29 is 14.3 Å². The van der Waals surface area contributed by atoms with Crippen LogP contribution in [0.2, 0.25) is 0 Å². The summed E-state index contributed by atoms with van der Waals surface area (Å²) in [5.41, 5.74) is 6.38. The first kappa shape index (κ1) is 25.9. The fourth-order valence-corrected chi connectivity index (χ4v) is 4.58. The Labute approximate surface area is 229 Å². The summed E-state index contributed by atoms with van der Waals surface area (Å²) < 4.78 is 11.8. The molecule has 2 heterocycles. The lowest BCUT2D eigenvalue weighted by molar-refractivity contribution is 0.0666. The fraction of sp³-hybridized carbons (Fsp3) is 0.188. The number of fused-ring (bicyclic) bond motifs is 1. The SMILES string of the molecule is C/C=C(/C)Nc1ccc(OCc2cc(C3Nc4ccccc4C(=O)N3Cc3ccncc3)ccc2OC)cc1. The van der Waals surface area contributed by atoms with Crippen LogP contribution in [-0.2, 0) is 13.2 Å². The summed E-state index contributed by atoms with van der Waals surface area (Å²) in [6, 6.07) is 25.3. The van der Waals surface area contributed by atoms with Gasteiger partial charge in [0.1, 0.15) is 24.3 Å². The highest BCUT2D eigenvalue weighted by Gasteiger charge is 2.33. The van der Waals surface area contributed by atoms with Crippen LogP contribution in [0.5, 0.6) is 11.5 Å². The second-order valence-electron chi connectivity index (χ2n) is 9.36. The van der Waals surface area contributed by atoms with Gasteiger partial charge in [0.05, 0.1) is 12.7 Å². The number of benzene rings is 3. The molecule has 1 atom stereocenters. The Hall–Kier alpha value is -4.78. The number of hydrogen-bond acceptors (Lipinski definition) is 6. The first-order chi connectivity index (χ1) is 19.1. The van der Waals surface area contributed by atoms with E-state index in [0.29, 0.717) is 18.7 Å². The molecule has 1 aromatic heterocycles. The van der Waals surface area contributed by atoms with Gasteiger partial charge in [-0.3, -0.25) is 9.78 Å². The molecule has 2 N–H and O–H groups in total. The summed E-state index contributed by atoms with van der Waals surface area (Å²) in [6.45, 7) is 4.78. The van der Waals surface area contributed by atoms with Crippen molar-refractivity contribution in [2.75, 3.05) is 17.7 Å². The van der Waals surface area contributed by atoms with Crippen LogP contribution in [0.15, 0.2) is 103 Å². The maximum atomic E-state index is 13.6. The minimum atomic E-state index is -0.370. The molecule has 0 saturated carbocycles. The molecule has 4 aromatic rings. The molecule has 198 valence electrons. The number of anilines is 2. The van der Waals surface area contributed by atoms with Gasteiger partial charge in [-0.25, -0.2) is 0 Å². The average Bonchev–Trinajstić information content (AvgIpc) is 2.98. The van der Waals surface area contributed by atoms with E-state index in [2.05, 4.69) is 15.6 Å². The number of para-hydroxylation sites is 1. The summed E-state index contributed by atoms with van der Waals surface area (Å²) in [5.74, 6) is 1.45. The number of carbonyl (C=O) groups excluding carboxylic acids is 1. The maximum Gasteiger partial charge on any atom is 0.258 e. The Kier molecular flexibility index (Phi) is 7.78. The van der Waals surface area contributed by atoms with Gasteiger partial charge in [0, 0.05) is 41.6 Å². The Morgan fingerprint density at radius 1 is 1.05 bits per heavy atom. The highest BCUT2D eigenvalue weighted by Crippen LogP contribution is 2.36. The summed E-state index contributed by atoms with van der Waals surface area (Å²) in [6.07, 6.45) is 5.14. The van der Waals surface area contributed by atoms with Crippen LogP contribution in [0.4, 0.5) is 11.4 Å². The van der Waals surface area contributed by atoms with Crippen LogP contribution < -0.4 is 20.1 Å². The minimum absolute atomic E-state index is 0.0263. The molecule has 39 heavy (non-hydrogen) atoms. The van der Waals surface area contributed by atoms with Gasteiger partial charge in [0.25, 0.3) is 5.91 Å². The van der Waals surface area contributed by atoms with Crippen LogP contribution in [0.25, 0.3) is 0 Å². The third kappa shape index (κ3) is 5.88. The van der Waals surface area contributed by atoms with Crippen molar-refractivity contribution in [1.29, 1.82) is 0 Å². The molecule has 5 rings (SSSR count). The average molecular weight is 521 g/mol. The Morgan fingerprint density at radius 3 is 2.56 bits per heavy atom. The number of rotatable bonds is 9. The maximum absolute atomic E-state index is 13.6. The van der Waals surface area contributed by atoms with Crippen LogP contribution in [0, 0.1) is 0 Å². The topological polar surface area (TPSA) is 75.7 Å². The van der Waals surface area contributed by atoms with E-state index >= 15 is 0 Å². The third-order valence-corrected chi connectivity index (χ3v) is 6.77. The largest absolute Gasteiger partial charge is 0.496 e. The number of amides is 1. The van der Waals surface area contributed by atoms with Gasteiger partial charge in [0.15, 0.2) is 0 Å². The Balaban J connectivity index is 1.41. The van der Waals surface area contributed by atoms with E-state index in [9.17, 15) is 4.79 Å². The van der Waals surface area contributed by atoms with Crippen molar-refractivity contribution in [2.45, 2.75) is 33.2 Å². The molecule has 0 fully saturated rings. The van der Waals surface area contributed by atoms with Gasteiger partial charge < -0.3 is 25.0 Å². The van der Waals surface area contributed by atoms with E-state index in [4.69, 9.17) is 9.47 Å². The second-order valence-corrected chi connectivity index (χ2v) is 9.36. The lowest BCUT2D eigenvalue weighted by Gasteiger charge is -2.38. The number of allylic oxidation sites excluding steroid dienone is 2. The number of aromatic nitrogens is 1. The van der Waals surface area contributed by atoms with Gasteiger partial charge in [-0.05, 0) is 85.6 Å². The van der Waals surface area contributed by atoms with Gasteiger partial charge in [0.2, 0.25) is 0 Å². The molecule has 1 aliphatic rings. The van der Waals surface area contributed by atoms with E-state index in [1.807, 2.05) is 104 Å². The molecular formula is C32H32N4O3. The number of methoxy groups -OCH3 is 1. The van der Waals surface area contributed by atoms with E-state index in [1.54, 1.807) is 19.5 Å². The molecule has 7 heteroatoms. The molecule has 0 bridgehead atoms. The molecule has 0 spiro atoms. The van der Waals surface area contributed by atoms with Crippen molar-refractivity contribution in [3.05, 3.63) is 125 Å².